The quantitative estimate of drug-likeness (QED) is 0.575. The minimum absolute atomic E-state index is 0.112. The lowest BCUT2D eigenvalue weighted by atomic mass is 10.1. The monoisotopic (exact) mass is 413 g/mol. The lowest BCUT2D eigenvalue weighted by Crippen LogP contribution is -2.63. The van der Waals surface area contributed by atoms with Crippen LogP contribution >= 0.6 is 0 Å². The highest BCUT2D eigenvalue weighted by atomic mass is 16.6. The van der Waals surface area contributed by atoms with Crippen molar-refractivity contribution in [2.45, 2.75) is 52.4 Å². The molecule has 1 aromatic heterocycles. The molecule has 2 aromatic rings. The molecule has 0 unspecified atom stereocenters. The minimum Gasteiger partial charge on any atom is -0.444 e. The van der Waals surface area contributed by atoms with E-state index in [-0.39, 0.29) is 12.1 Å². The lowest BCUT2D eigenvalue weighted by Gasteiger charge is -2.40. The Labute approximate surface area is 177 Å². The van der Waals surface area contributed by atoms with Crippen LogP contribution in [0.3, 0.4) is 0 Å². The number of guanidine groups is 1. The third-order valence-electron chi connectivity index (χ3n) is 4.73. The van der Waals surface area contributed by atoms with Crippen molar-refractivity contribution in [2.75, 3.05) is 13.1 Å². The van der Waals surface area contributed by atoms with Crippen molar-refractivity contribution in [3.8, 4) is 0 Å². The van der Waals surface area contributed by atoms with Crippen LogP contribution in [-0.4, -0.2) is 56.4 Å². The van der Waals surface area contributed by atoms with Crippen LogP contribution in [0, 0.1) is 6.92 Å². The van der Waals surface area contributed by atoms with Gasteiger partial charge in [0.25, 0.3) is 0 Å². The molecule has 2 N–H and O–H groups in total. The number of aromatic nitrogens is 3. The van der Waals surface area contributed by atoms with Crippen molar-refractivity contribution in [2.24, 2.45) is 12.0 Å². The Morgan fingerprint density at radius 2 is 1.93 bits per heavy atom. The molecule has 1 aliphatic rings. The number of hydrogen-bond acceptors (Lipinski definition) is 5. The van der Waals surface area contributed by atoms with Crippen LogP contribution in [0.5, 0.6) is 0 Å². The number of nitrogens with one attached hydrogen (secondary N) is 2. The molecule has 0 radical (unpaired) electrons. The molecule has 0 atom stereocenters. The number of ether oxygens (including phenoxy) is 1. The molecule has 1 fully saturated rings. The van der Waals surface area contributed by atoms with Gasteiger partial charge in [-0.15, -0.1) is 10.2 Å². The number of likely N-dealkylation sites (tertiary alicyclic amines) is 1. The van der Waals surface area contributed by atoms with Gasteiger partial charge in [-0.25, -0.2) is 9.79 Å². The highest BCUT2D eigenvalue weighted by Gasteiger charge is 2.34. The maximum Gasteiger partial charge on any atom is 0.410 e. The molecule has 2 heterocycles. The van der Waals surface area contributed by atoms with Crippen LogP contribution in [0.2, 0.25) is 0 Å². The fourth-order valence-electron chi connectivity index (χ4n) is 2.91. The van der Waals surface area contributed by atoms with Gasteiger partial charge in [0.05, 0.1) is 19.1 Å². The van der Waals surface area contributed by atoms with Crippen molar-refractivity contribution in [1.29, 1.82) is 0 Å². The van der Waals surface area contributed by atoms with E-state index in [1.165, 1.54) is 0 Å². The molecule has 3 rings (SSSR count). The van der Waals surface area contributed by atoms with E-state index in [4.69, 9.17) is 9.73 Å². The Balaban J connectivity index is 1.59. The number of hydrogen-bond donors (Lipinski definition) is 2. The zero-order valence-corrected chi connectivity index (χ0v) is 18.3. The Morgan fingerprint density at radius 1 is 1.23 bits per heavy atom. The van der Waals surface area contributed by atoms with Crippen LogP contribution in [0.4, 0.5) is 4.79 Å². The predicted molar refractivity (Wildman–Crippen MR) is 115 cm³/mol. The van der Waals surface area contributed by atoms with E-state index < -0.39 is 5.60 Å². The smallest absolute Gasteiger partial charge is 0.410 e. The summed E-state index contributed by atoms with van der Waals surface area (Å²) in [6.45, 7) is 9.72. The van der Waals surface area contributed by atoms with Gasteiger partial charge in [-0.05, 0) is 33.3 Å². The number of nitrogens with zero attached hydrogens (tertiary/aromatic N) is 5. The third-order valence-corrected chi connectivity index (χ3v) is 4.73. The number of benzene rings is 1. The van der Waals surface area contributed by atoms with Crippen molar-refractivity contribution < 1.29 is 9.53 Å². The molecule has 162 valence electrons. The Morgan fingerprint density at radius 3 is 2.53 bits per heavy atom. The highest BCUT2D eigenvalue weighted by Crippen LogP contribution is 2.15. The minimum atomic E-state index is -0.492. The summed E-state index contributed by atoms with van der Waals surface area (Å²) in [6, 6.07) is 10.2. The molecule has 1 amide bonds. The van der Waals surface area contributed by atoms with E-state index >= 15 is 0 Å². The van der Waals surface area contributed by atoms with Gasteiger partial charge in [0.1, 0.15) is 11.4 Å². The Bertz CT molecular complexity index is 881. The fraction of sp³-hybridized carbons (Fsp3) is 0.524. The topological polar surface area (TPSA) is 96.7 Å². The van der Waals surface area contributed by atoms with Gasteiger partial charge in [0, 0.05) is 20.1 Å². The van der Waals surface area contributed by atoms with Gasteiger partial charge in [-0.1, -0.05) is 30.3 Å². The summed E-state index contributed by atoms with van der Waals surface area (Å²) < 4.78 is 7.36. The van der Waals surface area contributed by atoms with Crippen LogP contribution in [0.25, 0.3) is 0 Å². The van der Waals surface area contributed by atoms with Gasteiger partial charge >= 0.3 is 6.09 Å². The molecule has 30 heavy (non-hydrogen) atoms. The van der Waals surface area contributed by atoms with Crippen LogP contribution in [-0.2, 0) is 24.9 Å². The van der Waals surface area contributed by atoms with E-state index in [9.17, 15) is 4.79 Å². The van der Waals surface area contributed by atoms with Crippen molar-refractivity contribution >= 4 is 12.1 Å². The van der Waals surface area contributed by atoms with Gasteiger partial charge in [-0.3, -0.25) is 0 Å². The molecular formula is C21H31N7O2. The molecular weight excluding hydrogens is 382 g/mol. The number of carbonyl (C=O) groups excluding carboxylic acids is 1. The maximum atomic E-state index is 12.1. The Kier molecular flexibility index (Phi) is 6.59. The Hall–Kier alpha value is -3.10. The predicted octanol–water partition coefficient (Wildman–Crippen LogP) is 1.98. The molecule has 0 spiro atoms. The lowest BCUT2D eigenvalue weighted by molar-refractivity contribution is 0.00700. The van der Waals surface area contributed by atoms with Crippen molar-refractivity contribution in [1.82, 2.24) is 30.3 Å². The fourth-order valence-corrected chi connectivity index (χ4v) is 2.91. The summed E-state index contributed by atoms with van der Waals surface area (Å²) in [7, 11) is 1.94. The molecule has 1 saturated heterocycles. The van der Waals surface area contributed by atoms with E-state index in [0.717, 1.165) is 17.2 Å². The average molecular weight is 414 g/mol. The molecule has 0 saturated carbocycles. The zero-order chi connectivity index (χ0) is 21.7. The van der Waals surface area contributed by atoms with Gasteiger partial charge in [-0.2, -0.15) is 0 Å². The van der Waals surface area contributed by atoms with Crippen LogP contribution in [0.1, 0.15) is 38.0 Å². The largest absolute Gasteiger partial charge is 0.444 e. The molecule has 1 aliphatic heterocycles. The SMILES string of the molecule is Cc1nnc(CNC(=NCc2ccccc2)NC2CN(C(=O)OC(C)(C)C)C2)n1C. The molecule has 0 bridgehead atoms. The van der Waals surface area contributed by atoms with Gasteiger partial charge in [0.2, 0.25) is 0 Å². The highest BCUT2D eigenvalue weighted by molar-refractivity contribution is 5.80. The van der Waals surface area contributed by atoms with Gasteiger partial charge in [0.15, 0.2) is 11.8 Å². The summed E-state index contributed by atoms with van der Waals surface area (Å²) in [6.07, 6.45) is -0.286. The zero-order valence-electron chi connectivity index (χ0n) is 18.3. The van der Waals surface area contributed by atoms with Crippen molar-refractivity contribution in [3.05, 3.63) is 47.5 Å². The summed E-state index contributed by atoms with van der Waals surface area (Å²) >= 11 is 0. The maximum absolute atomic E-state index is 12.1. The van der Waals surface area contributed by atoms with E-state index in [1.807, 2.05) is 69.6 Å². The first kappa shape index (κ1) is 21.6. The van der Waals surface area contributed by atoms with E-state index in [2.05, 4.69) is 20.8 Å². The van der Waals surface area contributed by atoms with Gasteiger partial charge < -0.3 is 24.8 Å². The van der Waals surface area contributed by atoms with E-state index in [0.29, 0.717) is 32.1 Å². The second-order valence-corrected chi connectivity index (χ2v) is 8.45. The second kappa shape index (κ2) is 9.15. The molecule has 0 aliphatic carbocycles. The number of aryl methyl sites for hydroxylation is 1. The summed E-state index contributed by atoms with van der Waals surface area (Å²) in [4.78, 5) is 18.5. The summed E-state index contributed by atoms with van der Waals surface area (Å²) in [5.74, 6) is 2.36. The number of rotatable bonds is 5. The molecule has 9 nitrogen and oxygen atoms in total. The molecule has 1 aromatic carbocycles. The normalized spacial score (nSPS) is 15.0. The standard InChI is InChI=1S/C21H31N7O2/c1-15-25-26-18(27(15)5)12-23-19(22-11-16-9-7-6-8-10-16)24-17-13-28(14-17)20(29)30-21(2,3)4/h6-10,17H,11-14H2,1-5H3,(H2,22,23,24). The number of carbonyl (C=O) groups is 1. The van der Waals surface area contributed by atoms with Crippen molar-refractivity contribution in [3.63, 3.8) is 0 Å². The first-order chi connectivity index (χ1) is 14.2. The summed E-state index contributed by atoms with van der Waals surface area (Å²) in [5.41, 5.74) is 0.630. The number of amides is 1. The second-order valence-electron chi connectivity index (χ2n) is 8.45. The third kappa shape index (κ3) is 5.95. The number of aliphatic imine (C=N–C) groups is 1. The molecule has 9 heteroatoms. The van der Waals surface area contributed by atoms with Crippen LogP contribution < -0.4 is 10.6 Å². The summed E-state index contributed by atoms with van der Waals surface area (Å²) in [5, 5.41) is 15.0. The van der Waals surface area contributed by atoms with E-state index in [1.54, 1.807) is 4.90 Å². The first-order valence-electron chi connectivity index (χ1n) is 10.1. The average Bonchev–Trinajstić information content (AvgIpc) is 2.97. The van der Waals surface area contributed by atoms with Crippen LogP contribution in [0.15, 0.2) is 35.3 Å². The first-order valence-corrected chi connectivity index (χ1v) is 10.1.